The number of rotatable bonds is 2. The van der Waals surface area contributed by atoms with Gasteiger partial charge in [0.05, 0.1) is 5.52 Å². The fraction of sp³-hybridized carbons (Fsp3) is 0.438. The van der Waals surface area contributed by atoms with E-state index in [1.807, 2.05) is 19.2 Å². The highest BCUT2D eigenvalue weighted by atomic mass is 35.5. The predicted molar refractivity (Wildman–Crippen MR) is 82.2 cm³/mol. The van der Waals surface area contributed by atoms with Crippen molar-refractivity contribution in [1.82, 2.24) is 4.98 Å². The molecule has 1 N–H and O–H groups in total. The molecule has 1 aromatic heterocycles. The van der Waals surface area contributed by atoms with Gasteiger partial charge in [-0.15, -0.1) is 0 Å². The first-order valence-electron chi connectivity index (χ1n) is 6.97. The molecule has 0 spiro atoms. The minimum absolute atomic E-state index is 0.631. The Morgan fingerprint density at radius 3 is 2.63 bits per heavy atom. The lowest BCUT2D eigenvalue weighted by Gasteiger charge is -2.15. The Morgan fingerprint density at radius 1 is 1.21 bits per heavy atom. The SMILES string of the molecule is CNc1cc(C2CCCC2)nc2c(C)cc(Cl)cc12. The van der Waals surface area contributed by atoms with Gasteiger partial charge < -0.3 is 5.32 Å². The zero-order valence-electron chi connectivity index (χ0n) is 11.5. The third kappa shape index (κ3) is 2.30. The van der Waals surface area contributed by atoms with Gasteiger partial charge in [-0.3, -0.25) is 4.98 Å². The number of anilines is 1. The van der Waals surface area contributed by atoms with Crippen LogP contribution in [-0.2, 0) is 0 Å². The molecule has 1 fully saturated rings. The molecule has 0 radical (unpaired) electrons. The van der Waals surface area contributed by atoms with Crippen LogP contribution in [0.2, 0.25) is 5.02 Å². The third-order valence-corrected chi connectivity index (χ3v) is 4.35. The number of aryl methyl sites for hydroxylation is 1. The van der Waals surface area contributed by atoms with Gasteiger partial charge in [0.15, 0.2) is 0 Å². The summed E-state index contributed by atoms with van der Waals surface area (Å²) >= 11 is 6.16. The molecule has 0 amide bonds. The Balaban J connectivity index is 2.21. The summed E-state index contributed by atoms with van der Waals surface area (Å²) in [5, 5.41) is 5.18. The van der Waals surface area contributed by atoms with Gasteiger partial charge in [0.25, 0.3) is 0 Å². The maximum Gasteiger partial charge on any atom is 0.0756 e. The van der Waals surface area contributed by atoms with Crippen molar-refractivity contribution in [3.05, 3.63) is 34.5 Å². The van der Waals surface area contributed by atoms with Crippen molar-refractivity contribution in [3.8, 4) is 0 Å². The topological polar surface area (TPSA) is 24.9 Å². The fourth-order valence-corrected chi connectivity index (χ4v) is 3.39. The minimum Gasteiger partial charge on any atom is -0.388 e. The molecule has 0 unspecified atom stereocenters. The van der Waals surface area contributed by atoms with E-state index in [-0.39, 0.29) is 0 Å². The van der Waals surface area contributed by atoms with Gasteiger partial charge in [-0.25, -0.2) is 0 Å². The van der Waals surface area contributed by atoms with Crippen molar-refractivity contribution in [2.24, 2.45) is 0 Å². The Hall–Kier alpha value is -1.28. The Labute approximate surface area is 119 Å². The van der Waals surface area contributed by atoms with Gasteiger partial charge >= 0.3 is 0 Å². The van der Waals surface area contributed by atoms with Crippen LogP contribution in [0.5, 0.6) is 0 Å². The van der Waals surface area contributed by atoms with Crippen LogP contribution in [0.3, 0.4) is 0 Å². The highest BCUT2D eigenvalue weighted by molar-refractivity contribution is 6.31. The van der Waals surface area contributed by atoms with Gasteiger partial charge in [-0.1, -0.05) is 24.4 Å². The molecule has 100 valence electrons. The van der Waals surface area contributed by atoms with Crippen LogP contribution in [0.15, 0.2) is 18.2 Å². The van der Waals surface area contributed by atoms with Crippen LogP contribution >= 0.6 is 11.6 Å². The van der Waals surface area contributed by atoms with Crippen LogP contribution < -0.4 is 5.32 Å². The maximum absolute atomic E-state index is 6.16. The van der Waals surface area contributed by atoms with Crippen molar-refractivity contribution >= 4 is 28.2 Å². The first kappa shape index (κ1) is 12.7. The molecule has 2 aromatic rings. The first-order chi connectivity index (χ1) is 9.19. The Bertz CT molecular complexity index is 616. The Morgan fingerprint density at radius 2 is 1.95 bits per heavy atom. The number of hydrogen-bond donors (Lipinski definition) is 1. The zero-order chi connectivity index (χ0) is 13.4. The summed E-state index contributed by atoms with van der Waals surface area (Å²) in [5.74, 6) is 0.631. The summed E-state index contributed by atoms with van der Waals surface area (Å²) in [4.78, 5) is 4.91. The molecule has 0 atom stereocenters. The number of halogens is 1. The molecule has 0 aliphatic heterocycles. The average Bonchev–Trinajstić information content (AvgIpc) is 2.91. The molecule has 1 aliphatic rings. The summed E-state index contributed by atoms with van der Waals surface area (Å²) in [6.45, 7) is 2.08. The second-order valence-electron chi connectivity index (χ2n) is 5.44. The molecule has 1 heterocycles. The number of benzene rings is 1. The van der Waals surface area contributed by atoms with Gasteiger partial charge in [-0.05, 0) is 43.5 Å². The quantitative estimate of drug-likeness (QED) is 0.843. The summed E-state index contributed by atoms with van der Waals surface area (Å²) in [6.07, 6.45) is 5.21. The van der Waals surface area contributed by atoms with Crippen LogP contribution in [-0.4, -0.2) is 12.0 Å². The predicted octanol–water partition coefficient (Wildman–Crippen LogP) is 4.90. The summed E-state index contributed by atoms with van der Waals surface area (Å²) in [5.41, 5.74) is 4.61. The summed E-state index contributed by atoms with van der Waals surface area (Å²) in [7, 11) is 1.96. The highest BCUT2D eigenvalue weighted by Crippen LogP contribution is 2.37. The molecule has 0 bridgehead atoms. The van der Waals surface area contributed by atoms with Gasteiger partial charge in [0.2, 0.25) is 0 Å². The molecule has 1 saturated carbocycles. The molecule has 2 nitrogen and oxygen atoms in total. The molecule has 3 heteroatoms. The van der Waals surface area contributed by atoms with Crippen molar-refractivity contribution in [3.63, 3.8) is 0 Å². The molecule has 19 heavy (non-hydrogen) atoms. The van der Waals surface area contributed by atoms with Gasteiger partial charge in [0.1, 0.15) is 0 Å². The van der Waals surface area contributed by atoms with Crippen molar-refractivity contribution in [2.75, 3.05) is 12.4 Å². The first-order valence-corrected chi connectivity index (χ1v) is 7.35. The van der Waals surface area contributed by atoms with Crippen LogP contribution in [0.4, 0.5) is 5.69 Å². The highest BCUT2D eigenvalue weighted by Gasteiger charge is 2.20. The smallest absolute Gasteiger partial charge is 0.0756 e. The van der Waals surface area contributed by atoms with Crippen molar-refractivity contribution in [1.29, 1.82) is 0 Å². The van der Waals surface area contributed by atoms with E-state index in [0.29, 0.717) is 5.92 Å². The molecule has 0 saturated heterocycles. The normalized spacial score (nSPS) is 16.2. The number of aromatic nitrogens is 1. The fourth-order valence-electron chi connectivity index (χ4n) is 3.11. The van der Waals surface area contributed by atoms with Gasteiger partial charge in [-0.2, -0.15) is 0 Å². The van der Waals surface area contributed by atoms with E-state index in [0.717, 1.165) is 27.2 Å². The average molecular weight is 275 g/mol. The van der Waals surface area contributed by atoms with Crippen LogP contribution in [0.25, 0.3) is 10.9 Å². The molecule has 1 aliphatic carbocycles. The maximum atomic E-state index is 6.16. The van der Waals surface area contributed by atoms with E-state index in [1.165, 1.54) is 31.4 Å². The molecular weight excluding hydrogens is 256 g/mol. The van der Waals surface area contributed by atoms with Gasteiger partial charge in [0, 0.05) is 34.8 Å². The van der Waals surface area contributed by atoms with E-state index >= 15 is 0 Å². The standard InChI is InChI=1S/C16H19ClN2/c1-10-7-12(17)8-13-15(18-2)9-14(19-16(10)13)11-5-3-4-6-11/h7-9,11H,3-6H2,1-2H3,(H,18,19). The molecule has 3 rings (SSSR count). The third-order valence-electron chi connectivity index (χ3n) is 4.13. The monoisotopic (exact) mass is 274 g/mol. The lowest BCUT2D eigenvalue weighted by molar-refractivity contribution is 0.701. The van der Waals surface area contributed by atoms with Crippen LogP contribution in [0.1, 0.15) is 42.9 Å². The Kier molecular flexibility index (Phi) is 3.36. The summed E-state index contributed by atoms with van der Waals surface area (Å²) in [6, 6.07) is 6.20. The number of nitrogens with one attached hydrogen (secondary N) is 1. The number of fused-ring (bicyclic) bond motifs is 1. The lowest BCUT2D eigenvalue weighted by Crippen LogP contribution is -2.01. The molecule has 1 aromatic carbocycles. The minimum atomic E-state index is 0.631. The molecular formula is C16H19ClN2. The number of nitrogens with zero attached hydrogens (tertiary/aromatic N) is 1. The van der Waals surface area contributed by atoms with E-state index in [4.69, 9.17) is 16.6 Å². The second-order valence-corrected chi connectivity index (χ2v) is 5.88. The van der Waals surface area contributed by atoms with Crippen molar-refractivity contribution < 1.29 is 0 Å². The second kappa shape index (κ2) is 5.01. The van der Waals surface area contributed by atoms with Crippen LogP contribution in [0, 0.1) is 6.92 Å². The number of pyridine rings is 1. The largest absolute Gasteiger partial charge is 0.388 e. The van der Waals surface area contributed by atoms with E-state index in [2.05, 4.69) is 18.3 Å². The zero-order valence-corrected chi connectivity index (χ0v) is 12.2. The lowest BCUT2D eigenvalue weighted by atomic mass is 10.00. The van der Waals surface area contributed by atoms with E-state index in [9.17, 15) is 0 Å². The number of hydrogen-bond acceptors (Lipinski definition) is 2. The van der Waals surface area contributed by atoms with E-state index in [1.54, 1.807) is 0 Å². The van der Waals surface area contributed by atoms with E-state index < -0.39 is 0 Å². The summed E-state index contributed by atoms with van der Waals surface area (Å²) < 4.78 is 0. The van der Waals surface area contributed by atoms with Crippen molar-refractivity contribution in [2.45, 2.75) is 38.5 Å².